The lowest BCUT2D eigenvalue weighted by Gasteiger charge is -2.22. The fourth-order valence-electron chi connectivity index (χ4n) is 4.79. The molecule has 0 rings (SSSR count). The Bertz CT molecular complexity index is 328. The molecule has 2 nitrogen and oxygen atoms in total. The summed E-state index contributed by atoms with van der Waals surface area (Å²) in [7, 11) is 0. The summed E-state index contributed by atoms with van der Waals surface area (Å²) in [6.45, 7) is 16.7. The van der Waals surface area contributed by atoms with Gasteiger partial charge >= 0.3 is 0 Å². The second kappa shape index (κ2) is 28.9. The fourth-order valence-corrected chi connectivity index (χ4v) is 4.79. The molecule has 34 heavy (non-hydrogen) atoms. The molecule has 0 radical (unpaired) electrons. The number of hydrogen-bond acceptors (Lipinski definition) is 2. The first kappa shape index (κ1) is 33.7. The van der Waals surface area contributed by atoms with Crippen molar-refractivity contribution >= 4 is 0 Å². The largest absolute Gasteiger partial charge is 0.300 e. The third kappa shape index (κ3) is 24.8. The van der Waals surface area contributed by atoms with E-state index in [9.17, 15) is 0 Å². The molecule has 0 saturated carbocycles. The lowest BCUT2D eigenvalue weighted by Crippen LogP contribution is -2.28. The Kier molecular flexibility index (Phi) is 28.6. The van der Waals surface area contributed by atoms with Crippen LogP contribution in [0.2, 0.25) is 0 Å². The van der Waals surface area contributed by atoms with E-state index in [0.717, 1.165) is 13.1 Å². The van der Waals surface area contributed by atoms with Crippen molar-refractivity contribution in [3.63, 3.8) is 0 Å². The maximum atomic E-state index is 2.73. The second-order valence-electron chi connectivity index (χ2n) is 10.7. The van der Waals surface area contributed by atoms with E-state index in [1.54, 1.807) is 0 Å². The molecule has 0 aliphatic heterocycles. The van der Waals surface area contributed by atoms with Crippen molar-refractivity contribution in [1.29, 1.82) is 0 Å². The van der Waals surface area contributed by atoms with Gasteiger partial charge in [0.05, 0.1) is 0 Å². The van der Waals surface area contributed by atoms with E-state index in [1.165, 1.54) is 155 Å². The Hall–Kier alpha value is -0.340. The highest BCUT2D eigenvalue weighted by Gasteiger charge is 2.05. The van der Waals surface area contributed by atoms with Crippen LogP contribution in [0.1, 0.15) is 156 Å². The van der Waals surface area contributed by atoms with Gasteiger partial charge in [-0.05, 0) is 51.9 Å². The highest BCUT2D eigenvalue weighted by molar-refractivity contribution is 4.88. The van der Waals surface area contributed by atoms with Crippen LogP contribution in [0, 0.1) is 0 Å². The molecule has 0 spiro atoms. The summed E-state index contributed by atoms with van der Waals surface area (Å²) < 4.78 is 0. The Morgan fingerprint density at radius 2 is 0.559 bits per heavy atom. The summed E-state index contributed by atoms with van der Waals surface area (Å²) in [5.74, 6) is 0. The molecule has 0 atom stereocenters. The van der Waals surface area contributed by atoms with Gasteiger partial charge in [-0.3, -0.25) is 9.80 Å². The average molecular weight is 479 g/mol. The minimum absolute atomic E-state index is 1.16. The van der Waals surface area contributed by atoms with Crippen LogP contribution in [0.25, 0.3) is 0 Å². The van der Waals surface area contributed by atoms with Crippen molar-refractivity contribution < 1.29 is 0 Å². The Balaban J connectivity index is 4.43. The van der Waals surface area contributed by atoms with Gasteiger partial charge in [0, 0.05) is 13.1 Å². The van der Waals surface area contributed by atoms with Gasteiger partial charge in [0.1, 0.15) is 0 Å². The molecule has 2 heteroatoms. The van der Waals surface area contributed by atoms with Crippen LogP contribution in [0.15, 0.2) is 12.2 Å². The van der Waals surface area contributed by atoms with Crippen LogP contribution in [0.4, 0.5) is 0 Å². The third-order valence-electron chi connectivity index (χ3n) is 7.21. The zero-order valence-corrected chi connectivity index (χ0v) is 24.4. The number of hydrogen-bond donors (Lipinski definition) is 0. The highest BCUT2D eigenvalue weighted by Crippen LogP contribution is 2.09. The maximum Gasteiger partial charge on any atom is 0.0163 e. The van der Waals surface area contributed by atoms with Crippen LogP contribution < -0.4 is 0 Å². The lowest BCUT2D eigenvalue weighted by molar-refractivity contribution is 0.279. The maximum absolute atomic E-state index is 2.73. The predicted octanol–water partition coefficient (Wildman–Crippen LogP) is 10.0. The summed E-state index contributed by atoms with van der Waals surface area (Å²) in [4.78, 5) is 5.46. The summed E-state index contributed by atoms with van der Waals surface area (Å²) in [6, 6.07) is 0. The molecule has 0 fully saturated rings. The molecule has 204 valence electrons. The summed E-state index contributed by atoms with van der Waals surface area (Å²) >= 11 is 0. The molecule has 0 aromatic carbocycles. The van der Waals surface area contributed by atoms with E-state index in [0.29, 0.717) is 0 Å². The molecule has 0 unspecified atom stereocenters. The first-order valence-corrected chi connectivity index (χ1v) is 15.9. The highest BCUT2D eigenvalue weighted by atomic mass is 15.1. The zero-order chi connectivity index (χ0) is 25.0. The molecule has 0 saturated heterocycles. The van der Waals surface area contributed by atoms with Gasteiger partial charge in [-0.15, -0.1) is 0 Å². The molecule has 0 amide bonds. The van der Waals surface area contributed by atoms with Crippen LogP contribution in [0.3, 0.4) is 0 Å². The van der Waals surface area contributed by atoms with Crippen molar-refractivity contribution in [2.45, 2.75) is 156 Å². The summed E-state index contributed by atoms with van der Waals surface area (Å²) in [5.41, 5.74) is 0. The Morgan fingerprint density at radius 1 is 0.324 bits per heavy atom. The SMILES string of the molecule is CCCCCCCN(C/C=C/CN(CCCCCCC)CCCCCCC)CCCCCCC. The molecule has 0 bridgehead atoms. The number of nitrogens with zero attached hydrogens (tertiary/aromatic N) is 2. The van der Waals surface area contributed by atoms with Gasteiger partial charge in [-0.1, -0.05) is 143 Å². The normalized spacial score (nSPS) is 12.1. The lowest BCUT2D eigenvalue weighted by atomic mass is 10.1. The van der Waals surface area contributed by atoms with Gasteiger partial charge in [0.25, 0.3) is 0 Å². The third-order valence-corrected chi connectivity index (χ3v) is 7.21. The van der Waals surface area contributed by atoms with Crippen molar-refractivity contribution in [3.8, 4) is 0 Å². The quantitative estimate of drug-likeness (QED) is 0.0815. The first-order valence-electron chi connectivity index (χ1n) is 15.9. The smallest absolute Gasteiger partial charge is 0.0163 e. The van der Waals surface area contributed by atoms with Crippen LogP contribution in [-0.2, 0) is 0 Å². The van der Waals surface area contributed by atoms with Crippen LogP contribution in [0.5, 0.6) is 0 Å². The molecule has 0 N–H and O–H groups in total. The predicted molar refractivity (Wildman–Crippen MR) is 157 cm³/mol. The number of unbranched alkanes of at least 4 members (excludes halogenated alkanes) is 16. The molecular formula is C32H66N2. The Morgan fingerprint density at radius 3 is 0.794 bits per heavy atom. The summed E-state index contributed by atoms with van der Waals surface area (Å²) in [6.07, 6.45) is 32.8. The van der Waals surface area contributed by atoms with Gasteiger partial charge in [0.15, 0.2) is 0 Å². The van der Waals surface area contributed by atoms with E-state index in [1.807, 2.05) is 0 Å². The molecule has 0 aromatic heterocycles. The second-order valence-corrected chi connectivity index (χ2v) is 10.7. The van der Waals surface area contributed by atoms with Gasteiger partial charge < -0.3 is 0 Å². The molecule has 0 aromatic rings. The monoisotopic (exact) mass is 479 g/mol. The van der Waals surface area contributed by atoms with E-state index in [-0.39, 0.29) is 0 Å². The zero-order valence-electron chi connectivity index (χ0n) is 24.4. The van der Waals surface area contributed by atoms with E-state index >= 15 is 0 Å². The summed E-state index contributed by atoms with van der Waals surface area (Å²) in [5, 5.41) is 0. The molecule has 0 aliphatic carbocycles. The first-order chi connectivity index (χ1) is 16.8. The standard InChI is InChI=1S/C32H66N2/c1-5-9-13-17-21-27-33(28-22-18-14-10-6-2)31-25-26-32-34(29-23-19-15-11-7-3)30-24-20-16-12-8-4/h25-26H,5-24,27-32H2,1-4H3/b26-25+. The van der Waals surface area contributed by atoms with Crippen LogP contribution in [-0.4, -0.2) is 49.1 Å². The van der Waals surface area contributed by atoms with Crippen molar-refractivity contribution in [3.05, 3.63) is 12.2 Å². The molecular weight excluding hydrogens is 412 g/mol. The van der Waals surface area contributed by atoms with E-state index in [2.05, 4.69) is 49.6 Å². The van der Waals surface area contributed by atoms with E-state index in [4.69, 9.17) is 0 Å². The molecule has 0 aliphatic rings. The average Bonchev–Trinajstić information content (AvgIpc) is 2.84. The van der Waals surface area contributed by atoms with Gasteiger partial charge in [-0.2, -0.15) is 0 Å². The van der Waals surface area contributed by atoms with Crippen molar-refractivity contribution in [2.75, 3.05) is 39.3 Å². The fraction of sp³-hybridized carbons (Fsp3) is 0.938. The van der Waals surface area contributed by atoms with Gasteiger partial charge in [-0.25, -0.2) is 0 Å². The Labute approximate surface area is 217 Å². The van der Waals surface area contributed by atoms with Crippen molar-refractivity contribution in [1.82, 2.24) is 9.80 Å². The number of rotatable bonds is 28. The van der Waals surface area contributed by atoms with E-state index < -0.39 is 0 Å². The molecule has 0 heterocycles. The van der Waals surface area contributed by atoms with Crippen molar-refractivity contribution in [2.24, 2.45) is 0 Å². The minimum Gasteiger partial charge on any atom is -0.300 e. The van der Waals surface area contributed by atoms with Gasteiger partial charge in [0.2, 0.25) is 0 Å². The minimum atomic E-state index is 1.16. The van der Waals surface area contributed by atoms with Crippen LogP contribution >= 0.6 is 0 Å². The topological polar surface area (TPSA) is 6.48 Å².